The summed E-state index contributed by atoms with van der Waals surface area (Å²) in [5.74, 6) is 0.436. The van der Waals surface area contributed by atoms with Crippen molar-refractivity contribution in [2.45, 2.75) is 26.3 Å². The van der Waals surface area contributed by atoms with Gasteiger partial charge in [-0.15, -0.1) is 0 Å². The maximum atomic E-state index is 12.5. The zero-order valence-electron chi connectivity index (χ0n) is 15.1. The van der Waals surface area contributed by atoms with Crippen LogP contribution in [0.25, 0.3) is 10.9 Å². The highest BCUT2D eigenvalue weighted by Crippen LogP contribution is 2.35. The highest BCUT2D eigenvalue weighted by molar-refractivity contribution is 6.31. The summed E-state index contributed by atoms with van der Waals surface area (Å²) in [5, 5.41) is 5.36. The SMILES string of the molecule is Cc1nc(NC(=O)CN2CCc3c([nH]c4ccc(Cl)cc34)C2C)ccc1Cl. The van der Waals surface area contributed by atoms with Crippen LogP contribution in [-0.4, -0.2) is 33.9 Å². The fourth-order valence-electron chi connectivity index (χ4n) is 3.69. The Morgan fingerprint density at radius 1 is 1.33 bits per heavy atom. The number of rotatable bonds is 3. The Morgan fingerprint density at radius 2 is 2.15 bits per heavy atom. The molecule has 140 valence electrons. The zero-order chi connectivity index (χ0) is 19.1. The third-order valence-corrected chi connectivity index (χ3v) is 5.79. The molecule has 1 amide bonds. The number of nitrogens with zero attached hydrogens (tertiary/aromatic N) is 2. The van der Waals surface area contributed by atoms with Crippen LogP contribution < -0.4 is 5.32 Å². The summed E-state index contributed by atoms with van der Waals surface area (Å²) in [5.41, 5.74) is 4.24. The molecule has 0 radical (unpaired) electrons. The second-order valence-electron chi connectivity index (χ2n) is 6.92. The first-order valence-electron chi connectivity index (χ1n) is 8.89. The van der Waals surface area contributed by atoms with Crippen LogP contribution in [0.1, 0.15) is 29.9 Å². The van der Waals surface area contributed by atoms with Crippen LogP contribution in [0.2, 0.25) is 10.0 Å². The van der Waals surface area contributed by atoms with Crippen LogP contribution >= 0.6 is 23.2 Å². The number of amides is 1. The van der Waals surface area contributed by atoms with E-state index in [2.05, 4.69) is 27.1 Å². The summed E-state index contributed by atoms with van der Waals surface area (Å²) < 4.78 is 0. The average molecular weight is 403 g/mol. The molecule has 4 rings (SSSR count). The number of anilines is 1. The van der Waals surface area contributed by atoms with E-state index in [1.54, 1.807) is 12.1 Å². The molecule has 0 fully saturated rings. The standard InChI is InChI=1S/C20H20Cl2N4O/c1-11-16(22)4-6-18(23-11)25-19(27)10-26-8-7-14-15-9-13(21)3-5-17(15)24-20(14)12(26)2/h3-6,9,12,24H,7-8,10H2,1-2H3,(H,23,25,27). The summed E-state index contributed by atoms with van der Waals surface area (Å²) in [4.78, 5) is 22.5. The van der Waals surface area contributed by atoms with Crippen molar-refractivity contribution in [2.24, 2.45) is 0 Å². The molecule has 7 heteroatoms. The van der Waals surface area contributed by atoms with E-state index in [0.29, 0.717) is 23.1 Å². The van der Waals surface area contributed by atoms with Crippen LogP contribution in [0, 0.1) is 6.92 Å². The second kappa shape index (κ2) is 7.15. The van der Waals surface area contributed by atoms with Gasteiger partial charge in [0.25, 0.3) is 0 Å². The molecule has 2 N–H and O–H groups in total. The number of nitrogens with one attached hydrogen (secondary N) is 2. The van der Waals surface area contributed by atoms with Gasteiger partial charge in [-0.05, 0) is 56.2 Å². The molecule has 0 saturated carbocycles. The number of pyridine rings is 1. The number of carbonyl (C=O) groups excluding carboxylic acids is 1. The van der Waals surface area contributed by atoms with Crippen molar-refractivity contribution in [1.82, 2.24) is 14.9 Å². The number of benzene rings is 1. The summed E-state index contributed by atoms with van der Waals surface area (Å²) in [7, 11) is 0. The lowest BCUT2D eigenvalue weighted by atomic mass is 9.98. The average Bonchev–Trinajstić information content (AvgIpc) is 2.99. The predicted molar refractivity (Wildman–Crippen MR) is 110 cm³/mol. The lowest BCUT2D eigenvalue weighted by molar-refractivity contribution is -0.118. The number of halogens is 2. The molecule has 3 heterocycles. The zero-order valence-corrected chi connectivity index (χ0v) is 16.7. The number of aryl methyl sites for hydroxylation is 1. The Kier molecular flexibility index (Phi) is 4.84. The molecule has 1 aromatic carbocycles. The van der Waals surface area contributed by atoms with E-state index in [1.165, 1.54) is 10.9 Å². The topological polar surface area (TPSA) is 61.0 Å². The molecule has 0 spiro atoms. The van der Waals surface area contributed by atoms with Crippen molar-refractivity contribution in [1.29, 1.82) is 0 Å². The summed E-state index contributed by atoms with van der Waals surface area (Å²) in [6.45, 7) is 5.05. The molecule has 1 unspecified atom stereocenters. The Labute approximate surface area is 167 Å². The molecular formula is C20H20Cl2N4O. The molecule has 0 aliphatic carbocycles. The molecule has 0 bridgehead atoms. The number of aromatic nitrogens is 2. The fourth-order valence-corrected chi connectivity index (χ4v) is 3.97. The molecule has 1 atom stereocenters. The van der Waals surface area contributed by atoms with Crippen LogP contribution in [0.3, 0.4) is 0 Å². The van der Waals surface area contributed by atoms with Gasteiger partial charge >= 0.3 is 0 Å². The second-order valence-corrected chi connectivity index (χ2v) is 7.76. The minimum absolute atomic E-state index is 0.0846. The van der Waals surface area contributed by atoms with Gasteiger partial charge in [0, 0.05) is 34.2 Å². The first-order valence-corrected chi connectivity index (χ1v) is 9.65. The Morgan fingerprint density at radius 3 is 2.93 bits per heavy atom. The van der Waals surface area contributed by atoms with Crippen LogP contribution in [0.5, 0.6) is 0 Å². The number of fused-ring (bicyclic) bond motifs is 3. The van der Waals surface area contributed by atoms with E-state index >= 15 is 0 Å². The third-order valence-electron chi connectivity index (χ3n) is 5.15. The van der Waals surface area contributed by atoms with Crippen LogP contribution in [0.15, 0.2) is 30.3 Å². The van der Waals surface area contributed by atoms with Gasteiger partial charge < -0.3 is 10.3 Å². The van der Waals surface area contributed by atoms with Crippen LogP contribution in [0.4, 0.5) is 5.82 Å². The van der Waals surface area contributed by atoms with E-state index in [4.69, 9.17) is 23.2 Å². The summed E-state index contributed by atoms with van der Waals surface area (Å²) in [6, 6.07) is 9.48. The first-order chi connectivity index (χ1) is 12.9. The Bertz CT molecular complexity index is 1030. The van der Waals surface area contributed by atoms with E-state index in [-0.39, 0.29) is 11.9 Å². The highest BCUT2D eigenvalue weighted by atomic mass is 35.5. The van der Waals surface area contributed by atoms with E-state index in [9.17, 15) is 4.79 Å². The number of H-pyrrole nitrogens is 1. The molecule has 0 saturated heterocycles. The lowest BCUT2D eigenvalue weighted by Gasteiger charge is -2.32. The number of hydrogen-bond donors (Lipinski definition) is 2. The maximum Gasteiger partial charge on any atom is 0.239 e. The van der Waals surface area contributed by atoms with Crippen molar-refractivity contribution in [2.75, 3.05) is 18.4 Å². The van der Waals surface area contributed by atoms with E-state index in [1.807, 2.05) is 25.1 Å². The van der Waals surface area contributed by atoms with Crippen molar-refractivity contribution in [3.63, 3.8) is 0 Å². The molecular weight excluding hydrogens is 383 g/mol. The van der Waals surface area contributed by atoms with Gasteiger partial charge in [0.2, 0.25) is 5.91 Å². The number of carbonyl (C=O) groups is 1. The minimum atomic E-state index is -0.0846. The first kappa shape index (κ1) is 18.3. The molecule has 1 aliphatic heterocycles. The monoisotopic (exact) mass is 402 g/mol. The summed E-state index contributed by atoms with van der Waals surface area (Å²) >= 11 is 12.1. The quantitative estimate of drug-likeness (QED) is 0.664. The van der Waals surface area contributed by atoms with Gasteiger partial charge in [-0.25, -0.2) is 4.98 Å². The van der Waals surface area contributed by atoms with Crippen molar-refractivity contribution < 1.29 is 4.79 Å². The molecule has 5 nitrogen and oxygen atoms in total. The highest BCUT2D eigenvalue weighted by Gasteiger charge is 2.28. The molecule has 3 aromatic rings. The molecule has 27 heavy (non-hydrogen) atoms. The third kappa shape index (κ3) is 3.55. The van der Waals surface area contributed by atoms with Crippen molar-refractivity contribution in [3.05, 3.63) is 57.3 Å². The molecule has 2 aromatic heterocycles. The lowest BCUT2D eigenvalue weighted by Crippen LogP contribution is -2.39. The van der Waals surface area contributed by atoms with Gasteiger partial charge in [-0.1, -0.05) is 23.2 Å². The van der Waals surface area contributed by atoms with E-state index < -0.39 is 0 Å². The number of hydrogen-bond acceptors (Lipinski definition) is 3. The van der Waals surface area contributed by atoms with Crippen molar-refractivity contribution in [3.8, 4) is 0 Å². The van der Waals surface area contributed by atoms with Gasteiger partial charge in [-0.3, -0.25) is 9.69 Å². The largest absolute Gasteiger partial charge is 0.357 e. The predicted octanol–water partition coefficient (Wildman–Crippen LogP) is 4.74. The molecule has 1 aliphatic rings. The minimum Gasteiger partial charge on any atom is -0.357 e. The van der Waals surface area contributed by atoms with Crippen LogP contribution in [-0.2, 0) is 11.2 Å². The fraction of sp³-hybridized carbons (Fsp3) is 0.300. The maximum absolute atomic E-state index is 12.5. The van der Waals surface area contributed by atoms with E-state index in [0.717, 1.165) is 29.2 Å². The summed E-state index contributed by atoms with van der Waals surface area (Å²) in [6.07, 6.45) is 0.881. The van der Waals surface area contributed by atoms with Gasteiger partial charge in [0.05, 0.1) is 17.3 Å². The Hall–Kier alpha value is -2.08. The Balaban J connectivity index is 1.50. The van der Waals surface area contributed by atoms with Gasteiger partial charge in [-0.2, -0.15) is 0 Å². The number of aromatic amines is 1. The van der Waals surface area contributed by atoms with Gasteiger partial charge in [0.15, 0.2) is 0 Å². The van der Waals surface area contributed by atoms with Gasteiger partial charge in [0.1, 0.15) is 5.82 Å². The normalized spacial score (nSPS) is 17.1. The smallest absolute Gasteiger partial charge is 0.239 e. The van der Waals surface area contributed by atoms with Crippen molar-refractivity contribution >= 4 is 45.8 Å².